The normalized spacial score (nSPS) is 25.0. The third kappa shape index (κ3) is 2.60. The van der Waals surface area contributed by atoms with Crippen LogP contribution in [0.25, 0.3) is 0 Å². The Labute approximate surface area is 66.4 Å². The summed E-state index contributed by atoms with van der Waals surface area (Å²) in [5.41, 5.74) is 0. The minimum Gasteiger partial charge on any atom is -0.396 e. The molecule has 0 bridgehead atoms. The highest BCUT2D eigenvalue weighted by Crippen LogP contribution is 2.15. The van der Waals surface area contributed by atoms with Gasteiger partial charge in [-0.1, -0.05) is 0 Å². The summed E-state index contributed by atoms with van der Waals surface area (Å²) in [6.45, 7) is 1.30. The highest BCUT2D eigenvalue weighted by molar-refractivity contribution is 5.81. The molecular formula is C8H14O3. The van der Waals surface area contributed by atoms with Crippen LogP contribution in [0.4, 0.5) is 0 Å². The highest BCUT2D eigenvalue weighted by atomic mass is 16.5. The van der Waals surface area contributed by atoms with Crippen LogP contribution < -0.4 is 0 Å². The van der Waals surface area contributed by atoms with Crippen LogP contribution in [0.15, 0.2) is 0 Å². The fourth-order valence-corrected chi connectivity index (χ4v) is 1.31. The number of rotatable bonds is 3. The Morgan fingerprint density at radius 2 is 2.45 bits per heavy atom. The van der Waals surface area contributed by atoms with Crippen LogP contribution in [0.2, 0.25) is 0 Å². The van der Waals surface area contributed by atoms with Gasteiger partial charge in [0.15, 0.2) is 0 Å². The van der Waals surface area contributed by atoms with Crippen molar-refractivity contribution in [2.45, 2.75) is 19.3 Å². The first kappa shape index (κ1) is 8.68. The standard InChI is InChI=1S/C8H14O3/c9-4-3-8(10)7-2-1-5-11-6-7/h7,9H,1-6H2. The lowest BCUT2D eigenvalue weighted by Gasteiger charge is -2.20. The lowest BCUT2D eigenvalue weighted by Crippen LogP contribution is -2.25. The van der Waals surface area contributed by atoms with Gasteiger partial charge >= 0.3 is 0 Å². The molecule has 1 heterocycles. The summed E-state index contributed by atoms with van der Waals surface area (Å²) in [6.07, 6.45) is 2.19. The molecule has 1 atom stereocenters. The number of hydrogen-bond donors (Lipinski definition) is 1. The summed E-state index contributed by atoms with van der Waals surface area (Å²) in [4.78, 5) is 11.2. The zero-order valence-electron chi connectivity index (χ0n) is 6.58. The molecule has 1 fully saturated rings. The van der Waals surface area contributed by atoms with E-state index < -0.39 is 0 Å². The number of carbonyl (C=O) groups excluding carboxylic acids is 1. The van der Waals surface area contributed by atoms with Crippen LogP contribution in [0.1, 0.15) is 19.3 Å². The van der Waals surface area contributed by atoms with Crippen molar-refractivity contribution in [3.63, 3.8) is 0 Å². The molecule has 1 rings (SSSR count). The van der Waals surface area contributed by atoms with Gasteiger partial charge in [-0.05, 0) is 12.8 Å². The van der Waals surface area contributed by atoms with Crippen molar-refractivity contribution in [1.82, 2.24) is 0 Å². The summed E-state index contributed by atoms with van der Waals surface area (Å²) < 4.78 is 5.15. The number of hydrogen-bond acceptors (Lipinski definition) is 3. The van der Waals surface area contributed by atoms with E-state index in [2.05, 4.69) is 0 Å². The second kappa shape index (κ2) is 4.46. The van der Waals surface area contributed by atoms with Crippen LogP contribution in [-0.4, -0.2) is 30.7 Å². The van der Waals surface area contributed by atoms with E-state index in [0.29, 0.717) is 6.61 Å². The van der Waals surface area contributed by atoms with Crippen LogP contribution in [0.5, 0.6) is 0 Å². The van der Waals surface area contributed by atoms with Crippen LogP contribution in [-0.2, 0) is 9.53 Å². The topological polar surface area (TPSA) is 46.5 Å². The van der Waals surface area contributed by atoms with Gasteiger partial charge in [-0.2, -0.15) is 0 Å². The third-order valence-electron chi connectivity index (χ3n) is 1.97. The molecule has 1 N–H and O–H groups in total. The van der Waals surface area contributed by atoms with Gasteiger partial charge in [0.1, 0.15) is 5.78 Å². The number of aliphatic hydroxyl groups excluding tert-OH is 1. The summed E-state index contributed by atoms with van der Waals surface area (Å²) in [5.74, 6) is 0.197. The van der Waals surface area contributed by atoms with Crippen molar-refractivity contribution >= 4 is 5.78 Å². The van der Waals surface area contributed by atoms with Gasteiger partial charge in [0.2, 0.25) is 0 Å². The van der Waals surface area contributed by atoms with E-state index in [1.165, 1.54) is 0 Å². The molecule has 1 unspecified atom stereocenters. The van der Waals surface area contributed by atoms with Crippen molar-refractivity contribution in [2.24, 2.45) is 5.92 Å². The van der Waals surface area contributed by atoms with Crippen molar-refractivity contribution in [3.8, 4) is 0 Å². The molecule has 3 heteroatoms. The molecule has 1 aliphatic rings. The quantitative estimate of drug-likeness (QED) is 0.645. The number of carbonyl (C=O) groups is 1. The molecule has 0 amide bonds. The van der Waals surface area contributed by atoms with Crippen molar-refractivity contribution < 1.29 is 14.6 Å². The Hall–Kier alpha value is -0.410. The van der Waals surface area contributed by atoms with Crippen molar-refractivity contribution in [3.05, 3.63) is 0 Å². The van der Waals surface area contributed by atoms with E-state index in [1.807, 2.05) is 0 Å². The SMILES string of the molecule is O=C(CCO)C1CCCOC1. The third-order valence-corrected chi connectivity index (χ3v) is 1.97. The molecule has 0 spiro atoms. The van der Waals surface area contributed by atoms with Gasteiger partial charge in [0.05, 0.1) is 6.61 Å². The van der Waals surface area contributed by atoms with E-state index in [1.54, 1.807) is 0 Å². The molecular weight excluding hydrogens is 144 g/mol. The monoisotopic (exact) mass is 158 g/mol. The highest BCUT2D eigenvalue weighted by Gasteiger charge is 2.20. The molecule has 0 saturated carbocycles. The predicted molar refractivity (Wildman–Crippen MR) is 40.3 cm³/mol. The first-order chi connectivity index (χ1) is 5.34. The fourth-order valence-electron chi connectivity index (χ4n) is 1.31. The second-order valence-corrected chi connectivity index (χ2v) is 2.85. The number of ether oxygens (including phenoxy) is 1. The number of ketones is 1. The molecule has 0 radical (unpaired) electrons. The van der Waals surface area contributed by atoms with Crippen molar-refractivity contribution in [1.29, 1.82) is 0 Å². The molecule has 0 aromatic heterocycles. The van der Waals surface area contributed by atoms with Gasteiger partial charge in [-0.25, -0.2) is 0 Å². The van der Waals surface area contributed by atoms with Gasteiger partial charge in [0.25, 0.3) is 0 Å². The average Bonchev–Trinajstić information content (AvgIpc) is 2.07. The minimum absolute atomic E-state index is 0.0324. The van der Waals surface area contributed by atoms with E-state index >= 15 is 0 Å². The number of Topliss-reactive ketones (excluding diaryl/α,β-unsaturated/α-hetero) is 1. The predicted octanol–water partition coefficient (Wildman–Crippen LogP) is 0.365. The van der Waals surface area contributed by atoms with E-state index in [-0.39, 0.29) is 24.7 Å². The number of aliphatic hydroxyl groups is 1. The van der Waals surface area contributed by atoms with E-state index in [9.17, 15) is 4.79 Å². The molecule has 1 aliphatic heterocycles. The Morgan fingerprint density at radius 1 is 1.64 bits per heavy atom. The van der Waals surface area contributed by atoms with Crippen LogP contribution >= 0.6 is 0 Å². The van der Waals surface area contributed by atoms with E-state index in [4.69, 9.17) is 9.84 Å². The van der Waals surface area contributed by atoms with Gasteiger partial charge in [0, 0.05) is 25.6 Å². The lowest BCUT2D eigenvalue weighted by atomic mass is 9.96. The van der Waals surface area contributed by atoms with Gasteiger partial charge in [-0.3, -0.25) is 4.79 Å². The maximum Gasteiger partial charge on any atom is 0.140 e. The first-order valence-electron chi connectivity index (χ1n) is 4.06. The maximum atomic E-state index is 11.2. The smallest absolute Gasteiger partial charge is 0.140 e. The first-order valence-corrected chi connectivity index (χ1v) is 4.06. The zero-order valence-corrected chi connectivity index (χ0v) is 6.58. The van der Waals surface area contributed by atoms with Crippen LogP contribution in [0.3, 0.4) is 0 Å². The molecule has 3 nitrogen and oxygen atoms in total. The summed E-state index contributed by atoms with van der Waals surface area (Å²) in [6, 6.07) is 0. The fraction of sp³-hybridized carbons (Fsp3) is 0.875. The lowest BCUT2D eigenvalue weighted by molar-refractivity contribution is -0.127. The zero-order chi connectivity index (χ0) is 8.10. The molecule has 0 aliphatic carbocycles. The second-order valence-electron chi connectivity index (χ2n) is 2.85. The Bertz CT molecular complexity index is 127. The Morgan fingerprint density at radius 3 is 3.00 bits per heavy atom. The largest absolute Gasteiger partial charge is 0.396 e. The molecule has 1 saturated heterocycles. The molecule has 0 aromatic rings. The molecule has 0 aromatic carbocycles. The Balaban J connectivity index is 2.27. The van der Waals surface area contributed by atoms with Crippen LogP contribution in [0, 0.1) is 5.92 Å². The van der Waals surface area contributed by atoms with Crippen molar-refractivity contribution in [2.75, 3.05) is 19.8 Å². The summed E-state index contributed by atoms with van der Waals surface area (Å²) in [5, 5.41) is 8.51. The molecule has 64 valence electrons. The van der Waals surface area contributed by atoms with E-state index in [0.717, 1.165) is 19.4 Å². The summed E-state index contributed by atoms with van der Waals surface area (Å²) >= 11 is 0. The maximum absolute atomic E-state index is 11.2. The Kier molecular flexibility index (Phi) is 3.52. The average molecular weight is 158 g/mol. The summed E-state index contributed by atoms with van der Waals surface area (Å²) in [7, 11) is 0. The van der Waals surface area contributed by atoms with Gasteiger partial charge in [-0.15, -0.1) is 0 Å². The molecule has 11 heavy (non-hydrogen) atoms. The minimum atomic E-state index is -0.0324. The van der Waals surface area contributed by atoms with Gasteiger partial charge < -0.3 is 9.84 Å².